The molecule has 1 aromatic heterocycles. The van der Waals surface area contributed by atoms with Crippen molar-refractivity contribution in [1.82, 2.24) is 9.78 Å². The van der Waals surface area contributed by atoms with E-state index in [1.807, 2.05) is 0 Å². The quantitative estimate of drug-likeness (QED) is 0.784. The van der Waals surface area contributed by atoms with E-state index in [4.69, 9.17) is 10.5 Å². The van der Waals surface area contributed by atoms with E-state index in [2.05, 4.69) is 22.0 Å². The highest BCUT2D eigenvalue weighted by atomic mass is 32.2. The normalized spacial score (nSPS) is 17.6. The van der Waals surface area contributed by atoms with Crippen LogP contribution in [-0.4, -0.2) is 34.2 Å². The van der Waals surface area contributed by atoms with E-state index in [1.54, 1.807) is 18.7 Å². The molecule has 0 amide bonds. The van der Waals surface area contributed by atoms with Gasteiger partial charge in [0.1, 0.15) is 6.04 Å². The third-order valence-electron chi connectivity index (χ3n) is 3.75. The molecule has 1 unspecified atom stereocenters. The number of nitrogens with two attached hydrogens (primary N) is 1. The third-order valence-corrected chi connectivity index (χ3v) is 4.84. The summed E-state index contributed by atoms with van der Waals surface area (Å²) in [6, 6.07) is 2.09. The second kappa shape index (κ2) is 8.44. The number of nitrogens with zero attached hydrogens (tertiary/aromatic N) is 2. The average molecular weight is 311 g/mol. The van der Waals surface area contributed by atoms with Crippen LogP contribution in [0.25, 0.3) is 0 Å². The standard InChI is InChI=1S/C15H25N3O2S/c1-2-20-15(19)14(16)11-21-10-12-8-9-18(17-12)13-6-4-3-5-7-13/h8-9,13-14H,2-7,10-11,16H2,1H3. The third kappa shape index (κ3) is 5.04. The number of rotatable bonds is 7. The fourth-order valence-corrected chi connectivity index (χ4v) is 3.48. The summed E-state index contributed by atoms with van der Waals surface area (Å²) in [7, 11) is 0. The molecule has 0 spiro atoms. The maximum absolute atomic E-state index is 11.4. The van der Waals surface area contributed by atoms with Gasteiger partial charge >= 0.3 is 5.97 Å². The second-order valence-corrected chi connectivity index (χ2v) is 6.48. The van der Waals surface area contributed by atoms with Crippen molar-refractivity contribution in [2.75, 3.05) is 12.4 Å². The lowest BCUT2D eigenvalue weighted by molar-refractivity contribution is -0.144. The monoisotopic (exact) mass is 311 g/mol. The summed E-state index contributed by atoms with van der Waals surface area (Å²) in [5.41, 5.74) is 6.83. The van der Waals surface area contributed by atoms with Crippen LogP contribution in [0.2, 0.25) is 0 Å². The van der Waals surface area contributed by atoms with Gasteiger partial charge < -0.3 is 10.5 Å². The van der Waals surface area contributed by atoms with Gasteiger partial charge in [-0.25, -0.2) is 0 Å². The largest absolute Gasteiger partial charge is 0.465 e. The van der Waals surface area contributed by atoms with Crippen LogP contribution in [0.15, 0.2) is 12.3 Å². The molecule has 2 N–H and O–H groups in total. The van der Waals surface area contributed by atoms with Gasteiger partial charge in [0, 0.05) is 17.7 Å². The second-order valence-electron chi connectivity index (χ2n) is 5.45. The molecule has 1 heterocycles. The zero-order valence-corrected chi connectivity index (χ0v) is 13.5. The lowest BCUT2D eigenvalue weighted by atomic mass is 9.96. The van der Waals surface area contributed by atoms with Gasteiger partial charge in [0.25, 0.3) is 0 Å². The van der Waals surface area contributed by atoms with E-state index in [-0.39, 0.29) is 5.97 Å². The van der Waals surface area contributed by atoms with Crippen molar-refractivity contribution in [3.63, 3.8) is 0 Å². The fraction of sp³-hybridized carbons (Fsp3) is 0.733. The minimum atomic E-state index is -0.546. The average Bonchev–Trinajstić information content (AvgIpc) is 2.97. The molecule has 1 aliphatic rings. The van der Waals surface area contributed by atoms with Gasteiger partial charge in [0.05, 0.1) is 18.3 Å². The summed E-state index contributed by atoms with van der Waals surface area (Å²) in [5, 5.41) is 4.65. The smallest absolute Gasteiger partial charge is 0.323 e. The van der Waals surface area contributed by atoms with Crippen LogP contribution in [0.5, 0.6) is 0 Å². The Labute approximate surface area is 130 Å². The Morgan fingerprint density at radius 2 is 2.29 bits per heavy atom. The van der Waals surface area contributed by atoms with Gasteiger partial charge in [0.2, 0.25) is 0 Å². The van der Waals surface area contributed by atoms with E-state index in [0.29, 0.717) is 18.4 Å². The molecular formula is C15H25N3O2S. The van der Waals surface area contributed by atoms with E-state index in [1.165, 1.54) is 32.1 Å². The molecule has 0 radical (unpaired) electrons. The summed E-state index contributed by atoms with van der Waals surface area (Å²) in [5.74, 6) is 1.03. The fourth-order valence-electron chi connectivity index (χ4n) is 2.61. The zero-order chi connectivity index (χ0) is 15.1. The molecule has 1 aromatic rings. The number of carbonyl (C=O) groups excluding carboxylic acids is 1. The van der Waals surface area contributed by atoms with Crippen LogP contribution in [-0.2, 0) is 15.3 Å². The highest BCUT2D eigenvalue weighted by Crippen LogP contribution is 2.27. The van der Waals surface area contributed by atoms with Crippen molar-refractivity contribution >= 4 is 17.7 Å². The highest BCUT2D eigenvalue weighted by molar-refractivity contribution is 7.98. The Morgan fingerprint density at radius 1 is 1.52 bits per heavy atom. The lowest BCUT2D eigenvalue weighted by Crippen LogP contribution is -2.34. The van der Waals surface area contributed by atoms with Gasteiger partial charge in [-0.05, 0) is 25.8 Å². The first kappa shape index (κ1) is 16.4. The zero-order valence-electron chi connectivity index (χ0n) is 12.7. The van der Waals surface area contributed by atoms with Crippen molar-refractivity contribution in [2.45, 2.75) is 56.9 Å². The highest BCUT2D eigenvalue weighted by Gasteiger charge is 2.17. The van der Waals surface area contributed by atoms with Gasteiger partial charge in [0.15, 0.2) is 0 Å². The molecule has 5 nitrogen and oxygen atoms in total. The Kier molecular flexibility index (Phi) is 6.57. The SMILES string of the molecule is CCOC(=O)C(N)CSCc1ccn(C2CCCCC2)n1. The Morgan fingerprint density at radius 3 is 3.00 bits per heavy atom. The molecule has 1 fully saturated rings. The molecule has 0 bridgehead atoms. The van der Waals surface area contributed by atoms with Crippen LogP contribution >= 0.6 is 11.8 Å². The summed E-state index contributed by atoms with van der Waals surface area (Å²) < 4.78 is 7.00. The van der Waals surface area contributed by atoms with Crippen molar-refractivity contribution in [3.05, 3.63) is 18.0 Å². The molecule has 0 aromatic carbocycles. The van der Waals surface area contributed by atoms with Crippen LogP contribution in [0.4, 0.5) is 0 Å². The first-order valence-electron chi connectivity index (χ1n) is 7.74. The minimum Gasteiger partial charge on any atom is -0.465 e. The number of ether oxygens (including phenoxy) is 1. The van der Waals surface area contributed by atoms with Crippen molar-refractivity contribution in [1.29, 1.82) is 0 Å². The summed E-state index contributed by atoms with van der Waals surface area (Å²) in [6.45, 7) is 2.17. The van der Waals surface area contributed by atoms with Crippen molar-refractivity contribution in [2.24, 2.45) is 5.73 Å². The number of hydrogen-bond donors (Lipinski definition) is 1. The molecule has 6 heteroatoms. The maximum atomic E-state index is 11.4. The van der Waals surface area contributed by atoms with Crippen molar-refractivity contribution in [3.8, 4) is 0 Å². The molecule has 21 heavy (non-hydrogen) atoms. The van der Waals surface area contributed by atoms with Crippen molar-refractivity contribution < 1.29 is 9.53 Å². The number of aromatic nitrogens is 2. The van der Waals surface area contributed by atoms with Crippen LogP contribution in [0.3, 0.4) is 0 Å². The summed E-state index contributed by atoms with van der Waals surface area (Å²) >= 11 is 1.63. The van der Waals surface area contributed by atoms with Gasteiger partial charge in [-0.2, -0.15) is 16.9 Å². The number of carbonyl (C=O) groups is 1. The lowest BCUT2D eigenvalue weighted by Gasteiger charge is -2.21. The van der Waals surface area contributed by atoms with Gasteiger partial charge in [-0.15, -0.1) is 0 Å². The Hall–Kier alpha value is -1.01. The molecule has 118 valence electrons. The van der Waals surface area contributed by atoms with E-state index < -0.39 is 6.04 Å². The Bertz CT molecular complexity index is 444. The molecule has 1 atom stereocenters. The predicted octanol–water partition coefficient (Wildman–Crippen LogP) is 2.51. The number of thioether (sulfide) groups is 1. The number of hydrogen-bond acceptors (Lipinski definition) is 5. The minimum absolute atomic E-state index is 0.322. The topological polar surface area (TPSA) is 70.1 Å². The maximum Gasteiger partial charge on any atom is 0.323 e. The summed E-state index contributed by atoms with van der Waals surface area (Å²) in [6.07, 6.45) is 8.53. The first-order chi connectivity index (χ1) is 10.2. The van der Waals surface area contributed by atoms with E-state index >= 15 is 0 Å². The molecular weight excluding hydrogens is 286 g/mol. The van der Waals surface area contributed by atoms with Crippen LogP contribution < -0.4 is 5.73 Å². The molecule has 1 saturated carbocycles. The number of esters is 1. The van der Waals surface area contributed by atoms with Gasteiger partial charge in [-0.1, -0.05) is 19.3 Å². The molecule has 0 saturated heterocycles. The van der Waals surface area contributed by atoms with E-state index in [0.717, 1.165) is 11.4 Å². The van der Waals surface area contributed by atoms with Crippen LogP contribution in [0.1, 0.15) is 50.8 Å². The predicted molar refractivity (Wildman–Crippen MR) is 85.1 cm³/mol. The molecule has 2 rings (SSSR count). The van der Waals surface area contributed by atoms with Crippen LogP contribution in [0, 0.1) is 0 Å². The molecule has 0 aliphatic heterocycles. The van der Waals surface area contributed by atoms with E-state index in [9.17, 15) is 4.79 Å². The summed E-state index contributed by atoms with van der Waals surface area (Å²) in [4.78, 5) is 11.4. The first-order valence-corrected chi connectivity index (χ1v) is 8.90. The Balaban J connectivity index is 1.74. The molecule has 1 aliphatic carbocycles. The van der Waals surface area contributed by atoms with Gasteiger partial charge in [-0.3, -0.25) is 9.48 Å².